The van der Waals surface area contributed by atoms with E-state index >= 15 is 0 Å². The van der Waals surface area contributed by atoms with Crippen LogP contribution in [0, 0.1) is 6.92 Å². The van der Waals surface area contributed by atoms with Crippen LogP contribution in [-0.4, -0.2) is 62.9 Å². The summed E-state index contributed by atoms with van der Waals surface area (Å²) in [7, 11) is 0. The number of rotatable bonds is 4. The maximum absolute atomic E-state index is 5.37. The number of morpholine rings is 1. The van der Waals surface area contributed by atoms with Gasteiger partial charge in [-0.2, -0.15) is 4.98 Å². The molecule has 3 heterocycles. The van der Waals surface area contributed by atoms with Crippen molar-refractivity contribution in [2.24, 2.45) is 0 Å². The normalized spacial score (nSPS) is 16.2. The number of fused-ring (bicyclic) bond motifs is 1. The number of nitrogens with zero attached hydrogens (tertiary/aromatic N) is 6. The van der Waals surface area contributed by atoms with Gasteiger partial charge < -0.3 is 9.26 Å². The lowest BCUT2D eigenvalue weighted by molar-refractivity contribution is 0.0360. The zero-order valence-corrected chi connectivity index (χ0v) is 13.0. The third kappa shape index (κ3) is 2.95. The van der Waals surface area contributed by atoms with Crippen molar-refractivity contribution in [3.8, 4) is 11.4 Å². The third-order valence-corrected chi connectivity index (χ3v) is 4.03. The van der Waals surface area contributed by atoms with E-state index in [4.69, 9.17) is 9.26 Å². The van der Waals surface area contributed by atoms with Gasteiger partial charge >= 0.3 is 0 Å². The molecule has 0 spiro atoms. The van der Waals surface area contributed by atoms with E-state index in [1.165, 1.54) is 0 Å². The topological polar surface area (TPSA) is 82.1 Å². The molecule has 0 aliphatic carbocycles. The van der Waals surface area contributed by atoms with Crippen molar-refractivity contribution in [2.45, 2.75) is 13.5 Å². The van der Waals surface area contributed by atoms with Gasteiger partial charge in [-0.25, -0.2) is 4.68 Å². The van der Waals surface area contributed by atoms with E-state index in [1.54, 1.807) is 6.92 Å². The minimum absolute atomic E-state index is 0.550. The second kappa shape index (κ2) is 6.05. The molecule has 2 aromatic heterocycles. The molecule has 8 heteroatoms. The molecule has 3 aromatic rings. The van der Waals surface area contributed by atoms with Crippen LogP contribution < -0.4 is 0 Å². The molecule has 0 bridgehead atoms. The first-order chi connectivity index (χ1) is 11.3. The Labute approximate surface area is 133 Å². The minimum atomic E-state index is 0.550. The minimum Gasteiger partial charge on any atom is -0.379 e. The lowest BCUT2D eigenvalue weighted by Crippen LogP contribution is -2.38. The van der Waals surface area contributed by atoms with Gasteiger partial charge in [-0.05, 0) is 18.2 Å². The van der Waals surface area contributed by atoms with Crippen LogP contribution in [0.4, 0.5) is 0 Å². The Morgan fingerprint density at radius 1 is 1.17 bits per heavy atom. The van der Waals surface area contributed by atoms with Gasteiger partial charge in [-0.1, -0.05) is 10.4 Å². The Hall–Kier alpha value is -2.32. The molecule has 0 saturated carbocycles. The molecular formula is C15H18N6O2. The van der Waals surface area contributed by atoms with Gasteiger partial charge in [0.05, 0.1) is 25.3 Å². The smallest absolute Gasteiger partial charge is 0.223 e. The summed E-state index contributed by atoms with van der Waals surface area (Å²) in [6, 6.07) is 5.93. The fourth-order valence-electron chi connectivity index (χ4n) is 2.75. The largest absolute Gasteiger partial charge is 0.379 e. The summed E-state index contributed by atoms with van der Waals surface area (Å²) in [6.07, 6.45) is 0. The molecule has 0 amide bonds. The standard InChI is InChI=1S/C15H18N6O2/c1-11-16-15(18-23-11)12-2-3-14-13(10-12)17-19-21(14)5-4-20-6-8-22-9-7-20/h2-3,10H,4-9H2,1H3. The number of aromatic nitrogens is 5. The maximum Gasteiger partial charge on any atom is 0.223 e. The van der Waals surface area contributed by atoms with Crippen molar-refractivity contribution < 1.29 is 9.26 Å². The third-order valence-electron chi connectivity index (χ3n) is 4.03. The van der Waals surface area contributed by atoms with Gasteiger partial charge in [0.15, 0.2) is 0 Å². The second-order valence-corrected chi connectivity index (χ2v) is 5.61. The number of hydrogen-bond donors (Lipinski definition) is 0. The summed E-state index contributed by atoms with van der Waals surface area (Å²) in [5.74, 6) is 1.13. The van der Waals surface area contributed by atoms with Crippen LogP contribution >= 0.6 is 0 Å². The first kappa shape index (κ1) is 14.3. The molecule has 0 atom stereocenters. The summed E-state index contributed by atoms with van der Waals surface area (Å²) < 4.78 is 12.3. The Balaban J connectivity index is 1.53. The van der Waals surface area contributed by atoms with Gasteiger partial charge in [-0.15, -0.1) is 5.10 Å². The van der Waals surface area contributed by atoms with Gasteiger partial charge in [0.1, 0.15) is 5.52 Å². The van der Waals surface area contributed by atoms with Crippen molar-refractivity contribution in [1.29, 1.82) is 0 Å². The Morgan fingerprint density at radius 2 is 2.04 bits per heavy atom. The van der Waals surface area contributed by atoms with Crippen molar-refractivity contribution in [1.82, 2.24) is 30.0 Å². The molecule has 1 aliphatic heterocycles. The van der Waals surface area contributed by atoms with Crippen molar-refractivity contribution in [3.63, 3.8) is 0 Å². The van der Waals surface area contributed by atoms with Crippen molar-refractivity contribution in [3.05, 3.63) is 24.1 Å². The summed E-state index contributed by atoms with van der Waals surface area (Å²) in [4.78, 5) is 6.62. The van der Waals surface area contributed by atoms with E-state index in [9.17, 15) is 0 Å². The van der Waals surface area contributed by atoms with Crippen molar-refractivity contribution in [2.75, 3.05) is 32.8 Å². The van der Waals surface area contributed by atoms with E-state index in [0.717, 1.165) is 56.0 Å². The highest BCUT2D eigenvalue weighted by molar-refractivity contribution is 5.79. The van der Waals surface area contributed by atoms with Crippen LogP contribution in [0.1, 0.15) is 5.89 Å². The monoisotopic (exact) mass is 314 g/mol. The zero-order chi connectivity index (χ0) is 15.6. The molecule has 1 fully saturated rings. The van der Waals surface area contributed by atoms with Crippen LogP contribution in [0.5, 0.6) is 0 Å². The van der Waals surface area contributed by atoms with Gasteiger partial charge in [0.2, 0.25) is 11.7 Å². The molecule has 0 unspecified atom stereocenters. The second-order valence-electron chi connectivity index (χ2n) is 5.61. The van der Waals surface area contributed by atoms with Crippen LogP contribution in [-0.2, 0) is 11.3 Å². The van der Waals surface area contributed by atoms with Gasteiger partial charge in [0, 0.05) is 32.1 Å². The zero-order valence-electron chi connectivity index (χ0n) is 13.0. The summed E-state index contributed by atoms with van der Waals surface area (Å²) >= 11 is 0. The highest BCUT2D eigenvalue weighted by atomic mass is 16.5. The number of ether oxygens (including phenoxy) is 1. The molecule has 1 aromatic carbocycles. The number of hydrogen-bond acceptors (Lipinski definition) is 7. The Kier molecular flexibility index (Phi) is 3.76. The van der Waals surface area contributed by atoms with E-state index in [-0.39, 0.29) is 0 Å². The SMILES string of the molecule is Cc1nc(-c2ccc3c(c2)nnn3CCN2CCOCC2)no1. The molecule has 4 rings (SSSR count). The van der Waals surface area contributed by atoms with E-state index in [2.05, 4.69) is 25.4 Å². The van der Waals surface area contributed by atoms with Crippen LogP contribution in [0.15, 0.2) is 22.7 Å². The lowest BCUT2D eigenvalue weighted by atomic mass is 10.2. The summed E-state index contributed by atoms with van der Waals surface area (Å²) in [6.45, 7) is 7.13. The number of benzene rings is 1. The molecule has 120 valence electrons. The number of aryl methyl sites for hydroxylation is 1. The van der Waals surface area contributed by atoms with Crippen LogP contribution in [0.3, 0.4) is 0 Å². The molecule has 1 aliphatic rings. The highest BCUT2D eigenvalue weighted by Crippen LogP contribution is 2.21. The maximum atomic E-state index is 5.37. The highest BCUT2D eigenvalue weighted by Gasteiger charge is 2.13. The average molecular weight is 314 g/mol. The quantitative estimate of drug-likeness (QED) is 0.713. The first-order valence-electron chi connectivity index (χ1n) is 7.74. The summed E-state index contributed by atoms with van der Waals surface area (Å²) in [5, 5.41) is 12.5. The molecular weight excluding hydrogens is 296 g/mol. The van der Waals surface area contributed by atoms with E-state index < -0.39 is 0 Å². The predicted molar refractivity (Wildman–Crippen MR) is 82.8 cm³/mol. The average Bonchev–Trinajstić information content (AvgIpc) is 3.19. The molecule has 1 saturated heterocycles. The molecule has 23 heavy (non-hydrogen) atoms. The van der Waals surface area contributed by atoms with Gasteiger partial charge in [-0.3, -0.25) is 4.90 Å². The first-order valence-corrected chi connectivity index (χ1v) is 7.74. The summed E-state index contributed by atoms with van der Waals surface area (Å²) in [5.41, 5.74) is 2.74. The molecule has 8 nitrogen and oxygen atoms in total. The van der Waals surface area contributed by atoms with Crippen LogP contribution in [0.2, 0.25) is 0 Å². The fourth-order valence-corrected chi connectivity index (χ4v) is 2.75. The van der Waals surface area contributed by atoms with Crippen molar-refractivity contribution >= 4 is 11.0 Å². The Bertz CT molecular complexity index is 805. The van der Waals surface area contributed by atoms with E-state index in [1.807, 2.05) is 22.9 Å². The lowest BCUT2D eigenvalue weighted by Gasteiger charge is -2.26. The van der Waals surface area contributed by atoms with Crippen LogP contribution in [0.25, 0.3) is 22.4 Å². The predicted octanol–water partition coefficient (Wildman–Crippen LogP) is 1.12. The fraction of sp³-hybridized carbons (Fsp3) is 0.467. The molecule has 0 radical (unpaired) electrons. The Morgan fingerprint density at radius 3 is 2.83 bits per heavy atom. The molecule has 0 N–H and O–H groups in total. The van der Waals surface area contributed by atoms with E-state index in [0.29, 0.717) is 11.7 Å². The van der Waals surface area contributed by atoms with Gasteiger partial charge in [0.25, 0.3) is 0 Å².